The van der Waals surface area contributed by atoms with Crippen LogP contribution in [0.25, 0.3) is 0 Å². The lowest BCUT2D eigenvalue weighted by Crippen LogP contribution is -2.40. The Bertz CT molecular complexity index is 1280. The zero-order valence-electron chi connectivity index (χ0n) is 19.4. The van der Waals surface area contributed by atoms with Crippen molar-refractivity contribution in [1.82, 2.24) is 10.2 Å². The lowest BCUT2D eigenvalue weighted by Gasteiger charge is -2.31. The number of halogens is 1. The molecular weight excluding hydrogens is 469 g/mol. The Labute approximate surface area is 205 Å². The van der Waals surface area contributed by atoms with E-state index in [-0.39, 0.29) is 22.6 Å². The third kappa shape index (κ3) is 6.66. The average Bonchev–Trinajstić information content (AvgIpc) is 2.84. The molecule has 1 aliphatic rings. The number of rotatable bonds is 8. The fourth-order valence-electron chi connectivity index (χ4n) is 3.95. The minimum absolute atomic E-state index is 0.0672. The first-order valence-electron chi connectivity index (χ1n) is 11.4. The molecule has 1 fully saturated rings. The van der Waals surface area contributed by atoms with Gasteiger partial charge in [0.2, 0.25) is 0 Å². The number of hydrogen-bond acceptors (Lipinski definition) is 5. The highest BCUT2D eigenvalue weighted by Gasteiger charge is 2.18. The molecule has 184 valence electrons. The van der Waals surface area contributed by atoms with Crippen molar-refractivity contribution in [3.8, 4) is 0 Å². The van der Waals surface area contributed by atoms with Crippen LogP contribution in [0.2, 0.25) is 0 Å². The molecule has 1 unspecified atom stereocenters. The average molecular weight is 498 g/mol. The molecule has 3 aromatic rings. The van der Waals surface area contributed by atoms with Crippen molar-refractivity contribution in [2.75, 3.05) is 24.4 Å². The van der Waals surface area contributed by atoms with Crippen LogP contribution in [0, 0.1) is 5.82 Å². The van der Waals surface area contributed by atoms with Gasteiger partial charge in [-0.15, -0.1) is 0 Å². The largest absolute Gasteiger partial charge is 0.376 e. The van der Waals surface area contributed by atoms with E-state index < -0.39 is 15.8 Å². The minimum Gasteiger partial charge on any atom is -0.376 e. The number of amides is 1. The lowest BCUT2D eigenvalue weighted by atomic mass is 10.1. The zero-order chi connectivity index (χ0) is 24.8. The van der Waals surface area contributed by atoms with Crippen LogP contribution >= 0.6 is 0 Å². The van der Waals surface area contributed by atoms with Gasteiger partial charge in [0.25, 0.3) is 15.9 Å². The number of sulfonamides is 1. The number of carbonyl (C=O) groups is 1. The Morgan fingerprint density at radius 3 is 2.54 bits per heavy atom. The van der Waals surface area contributed by atoms with Crippen molar-refractivity contribution in [2.24, 2.45) is 0 Å². The molecule has 1 aliphatic heterocycles. The van der Waals surface area contributed by atoms with Gasteiger partial charge in [0.05, 0.1) is 23.3 Å². The molecule has 3 aromatic carbocycles. The van der Waals surface area contributed by atoms with E-state index in [2.05, 4.69) is 34.0 Å². The maximum Gasteiger partial charge on any atom is 0.261 e. The van der Waals surface area contributed by atoms with E-state index in [1.165, 1.54) is 54.1 Å². The Hall–Kier alpha value is -3.27. The van der Waals surface area contributed by atoms with Crippen LogP contribution in [0.3, 0.4) is 0 Å². The SMILES string of the molecule is CC1CN(Cc2cccc(CNC(=O)c3ccc(S(=O)(=O)Nc4ccccc4F)cc3)c2)CCO1. The smallest absolute Gasteiger partial charge is 0.261 e. The number of carbonyl (C=O) groups excluding carboxylic acids is 1. The van der Waals surface area contributed by atoms with E-state index in [1.807, 2.05) is 12.1 Å². The second kappa shape index (κ2) is 11.0. The molecule has 0 aliphatic carbocycles. The van der Waals surface area contributed by atoms with E-state index in [0.717, 1.165) is 31.8 Å². The van der Waals surface area contributed by atoms with Gasteiger partial charge in [-0.25, -0.2) is 12.8 Å². The highest BCUT2D eigenvalue weighted by Crippen LogP contribution is 2.19. The van der Waals surface area contributed by atoms with Crippen molar-refractivity contribution in [2.45, 2.75) is 31.0 Å². The first kappa shape index (κ1) is 24.8. The van der Waals surface area contributed by atoms with Gasteiger partial charge in [-0.2, -0.15) is 0 Å². The standard InChI is InChI=1S/C26H28FN3O4S/c1-19-17-30(13-14-34-19)18-21-6-4-5-20(15-21)16-28-26(31)22-9-11-23(12-10-22)35(32,33)29-25-8-3-2-7-24(25)27/h2-12,15,19,29H,13-14,16-18H2,1H3,(H,28,31). The number of ether oxygens (including phenoxy) is 1. The van der Waals surface area contributed by atoms with Crippen LogP contribution in [0.4, 0.5) is 10.1 Å². The van der Waals surface area contributed by atoms with Crippen molar-refractivity contribution in [3.63, 3.8) is 0 Å². The predicted octanol–water partition coefficient (Wildman–Crippen LogP) is 3.78. The molecule has 35 heavy (non-hydrogen) atoms. The summed E-state index contributed by atoms with van der Waals surface area (Å²) in [5, 5.41) is 2.87. The summed E-state index contributed by atoms with van der Waals surface area (Å²) < 4.78 is 46.7. The molecule has 4 rings (SSSR count). The summed E-state index contributed by atoms with van der Waals surface area (Å²) >= 11 is 0. The van der Waals surface area contributed by atoms with Crippen LogP contribution in [-0.2, 0) is 27.8 Å². The third-order valence-corrected chi connectivity index (χ3v) is 7.10. The molecule has 0 spiro atoms. The third-order valence-electron chi connectivity index (χ3n) is 5.72. The number of nitrogens with zero attached hydrogens (tertiary/aromatic N) is 1. The van der Waals surface area contributed by atoms with Gasteiger partial charge >= 0.3 is 0 Å². The van der Waals surface area contributed by atoms with E-state index in [9.17, 15) is 17.6 Å². The molecule has 9 heteroatoms. The number of nitrogens with one attached hydrogen (secondary N) is 2. The Kier molecular flexibility index (Phi) is 7.80. The van der Waals surface area contributed by atoms with E-state index >= 15 is 0 Å². The molecule has 1 saturated heterocycles. The van der Waals surface area contributed by atoms with Crippen molar-refractivity contribution < 1.29 is 22.3 Å². The van der Waals surface area contributed by atoms with Gasteiger partial charge in [-0.1, -0.05) is 36.4 Å². The highest BCUT2D eigenvalue weighted by atomic mass is 32.2. The molecule has 1 amide bonds. The molecule has 0 bridgehead atoms. The van der Waals surface area contributed by atoms with Crippen LogP contribution < -0.4 is 10.0 Å². The number of para-hydroxylation sites is 1. The van der Waals surface area contributed by atoms with Gasteiger partial charge in [-0.3, -0.25) is 14.4 Å². The maximum atomic E-state index is 13.8. The zero-order valence-corrected chi connectivity index (χ0v) is 20.2. The van der Waals surface area contributed by atoms with E-state index in [0.29, 0.717) is 12.1 Å². The molecule has 0 radical (unpaired) electrons. The van der Waals surface area contributed by atoms with Gasteiger partial charge in [0, 0.05) is 31.7 Å². The molecule has 2 N–H and O–H groups in total. The number of anilines is 1. The van der Waals surface area contributed by atoms with Crippen LogP contribution in [0.15, 0.2) is 77.7 Å². The Morgan fingerprint density at radius 2 is 1.80 bits per heavy atom. The van der Waals surface area contributed by atoms with Gasteiger partial charge < -0.3 is 10.1 Å². The first-order valence-corrected chi connectivity index (χ1v) is 12.9. The van der Waals surface area contributed by atoms with Gasteiger partial charge in [-0.05, 0) is 54.4 Å². The second-order valence-electron chi connectivity index (χ2n) is 8.53. The molecule has 1 atom stereocenters. The predicted molar refractivity (Wildman–Crippen MR) is 132 cm³/mol. The Balaban J connectivity index is 1.34. The second-order valence-corrected chi connectivity index (χ2v) is 10.2. The molecule has 0 aromatic heterocycles. The summed E-state index contributed by atoms with van der Waals surface area (Å²) in [4.78, 5) is 14.9. The van der Waals surface area contributed by atoms with Crippen LogP contribution in [-0.4, -0.2) is 45.0 Å². The summed E-state index contributed by atoms with van der Waals surface area (Å²) in [6.07, 6.45) is 0.225. The van der Waals surface area contributed by atoms with Crippen molar-refractivity contribution >= 4 is 21.6 Å². The normalized spacial score (nSPS) is 16.6. The van der Waals surface area contributed by atoms with E-state index in [1.54, 1.807) is 0 Å². The maximum absolute atomic E-state index is 13.8. The fraction of sp³-hybridized carbons (Fsp3) is 0.269. The molecular formula is C26H28FN3O4S. The number of benzene rings is 3. The quantitative estimate of drug-likeness (QED) is 0.495. The van der Waals surface area contributed by atoms with Crippen molar-refractivity contribution in [1.29, 1.82) is 0 Å². The summed E-state index contributed by atoms with van der Waals surface area (Å²) in [5.74, 6) is -0.987. The molecule has 0 saturated carbocycles. The topological polar surface area (TPSA) is 87.7 Å². The summed E-state index contributed by atoms with van der Waals surface area (Å²) in [5.41, 5.74) is 2.33. The van der Waals surface area contributed by atoms with Crippen LogP contribution in [0.5, 0.6) is 0 Å². The number of morpholine rings is 1. The Morgan fingerprint density at radius 1 is 1.06 bits per heavy atom. The number of hydrogen-bond donors (Lipinski definition) is 2. The van der Waals surface area contributed by atoms with Gasteiger partial charge in [0.1, 0.15) is 5.82 Å². The first-order chi connectivity index (χ1) is 16.8. The van der Waals surface area contributed by atoms with Crippen LogP contribution in [0.1, 0.15) is 28.4 Å². The summed E-state index contributed by atoms with van der Waals surface area (Å²) in [7, 11) is -3.99. The molecule has 1 heterocycles. The van der Waals surface area contributed by atoms with Crippen molar-refractivity contribution in [3.05, 3.63) is 95.3 Å². The van der Waals surface area contributed by atoms with E-state index in [4.69, 9.17) is 4.74 Å². The highest BCUT2D eigenvalue weighted by molar-refractivity contribution is 7.92. The summed E-state index contributed by atoms with van der Waals surface area (Å²) in [6, 6.07) is 19.1. The lowest BCUT2D eigenvalue weighted by molar-refractivity contribution is -0.0212. The monoisotopic (exact) mass is 497 g/mol. The minimum atomic E-state index is -3.99. The fourth-order valence-corrected chi connectivity index (χ4v) is 5.02. The molecule has 7 nitrogen and oxygen atoms in total. The summed E-state index contributed by atoms with van der Waals surface area (Å²) in [6.45, 7) is 5.76. The van der Waals surface area contributed by atoms with Gasteiger partial charge in [0.15, 0.2) is 0 Å².